The van der Waals surface area contributed by atoms with Crippen LogP contribution >= 0.6 is 0 Å². The van der Waals surface area contributed by atoms with Gasteiger partial charge in [-0.05, 0) is 36.2 Å². The van der Waals surface area contributed by atoms with E-state index in [9.17, 15) is 19.8 Å². The molecule has 0 aliphatic rings. The second-order valence-corrected chi connectivity index (χ2v) is 7.93. The zero-order valence-corrected chi connectivity index (χ0v) is 19.3. The number of phenols is 1. The van der Waals surface area contributed by atoms with E-state index in [2.05, 4.69) is 27.4 Å². The number of benzene rings is 2. The summed E-state index contributed by atoms with van der Waals surface area (Å²) < 4.78 is 8.32. The van der Waals surface area contributed by atoms with Crippen LogP contribution in [0.2, 0.25) is 0 Å². The molecule has 11 nitrogen and oxygen atoms in total. The number of ether oxygens (including phenoxy) is 1. The van der Waals surface area contributed by atoms with Crippen LogP contribution in [-0.2, 0) is 20.0 Å². The average Bonchev–Trinajstić information content (AvgIpc) is 3.21. The highest BCUT2D eigenvalue weighted by Gasteiger charge is 2.20. The minimum atomic E-state index is -1.00. The van der Waals surface area contributed by atoms with Gasteiger partial charge in [0.2, 0.25) is 5.95 Å². The van der Waals surface area contributed by atoms with Crippen LogP contribution in [-0.4, -0.2) is 48.2 Å². The van der Waals surface area contributed by atoms with Gasteiger partial charge >= 0.3 is 5.69 Å². The number of imidazole rings is 1. The van der Waals surface area contributed by atoms with Gasteiger partial charge in [0.1, 0.15) is 24.2 Å². The summed E-state index contributed by atoms with van der Waals surface area (Å²) in [6.45, 7) is 1.97. The molecule has 0 saturated carbocycles. The molecule has 0 bridgehead atoms. The maximum absolute atomic E-state index is 12.6. The van der Waals surface area contributed by atoms with Crippen LogP contribution in [0.3, 0.4) is 0 Å². The van der Waals surface area contributed by atoms with Crippen molar-refractivity contribution in [3.63, 3.8) is 0 Å². The van der Waals surface area contributed by atoms with Crippen LogP contribution in [0, 0.1) is 0 Å². The van der Waals surface area contributed by atoms with Crippen molar-refractivity contribution in [1.82, 2.24) is 19.1 Å². The van der Waals surface area contributed by atoms with E-state index in [0.717, 1.165) is 6.42 Å². The third kappa shape index (κ3) is 5.25. The molecule has 2 heterocycles. The number of aromatic amines is 1. The predicted molar refractivity (Wildman–Crippen MR) is 132 cm³/mol. The number of H-pyrrole nitrogens is 1. The molecule has 0 radical (unpaired) electrons. The number of nitrogens with one attached hydrogen (secondary N) is 2. The summed E-state index contributed by atoms with van der Waals surface area (Å²) in [5.74, 6) is 0.789. The zero-order valence-electron chi connectivity index (χ0n) is 19.3. The number of aliphatic hydroxyl groups is 1. The van der Waals surface area contributed by atoms with E-state index < -0.39 is 17.4 Å². The molecule has 0 spiro atoms. The third-order valence-corrected chi connectivity index (χ3v) is 5.48. The highest BCUT2D eigenvalue weighted by atomic mass is 16.5. The Morgan fingerprint density at radius 1 is 1.20 bits per heavy atom. The zero-order chi connectivity index (χ0) is 24.9. The van der Waals surface area contributed by atoms with Gasteiger partial charge in [-0.25, -0.2) is 10.2 Å². The lowest BCUT2D eigenvalue weighted by atomic mass is 10.2. The number of nitrogens with zero attached hydrogens (tertiary/aromatic N) is 4. The van der Waals surface area contributed by atoms with E-state index in [0.29, 0.717) is 11.3 Å². The average molecular weight is 479 g/mol. The van der Waals surface area contributed by atoms with Crippen LogP contribution in [0.25, 0.3) is 11.2 Å². The van der Waals surface area contributed by atoms with Crippen molar-refractivity contribution in [3.05, 3.63) is 80.5 Å². The molecule has 0 aliphatic heterocycles. The van der Waals surface area contributed by atoms with Crippen molar-refractivity contribution < 1.29 is 14.9 Å². The van der Waals surface area contributed by atoms with Crippen molar-refractivity contribution in [1.29, 1.82) is 0 Å². The largest absolute Gasteiger partial charge is 0.507 e. The minimum absolute atomic E-state index is 0.0323. The van der Waals surface area contributed by atoms with Gasteiger partial charge in [0.25, 0.3) is 5.56 Å². The molecule has 0 fully saturated rings. The molecule has 4 aromatic rings. The van der Waals surface area contributed by atoms with Gasteiger partial charge in [0.05, 0.1) is 12.8 Å². The van der Waals surface area contributed by atoms with Crippen molar-refractivity contribution in [3.8, 4) is 11.5 Å². The first-order valence-electron chi connectivity index (χ1n) is 11.0. The van der Waals surface area contributed by atoms with Crippen LogP contribution in [0.1, 0.15) is 18.1 Å². The molecule has 2 aromatic carbocycles. The number of hydrazone groups is 1. The lowest BCUT2D eigenvalue weighted by Crippen LogP contribution is -2.30. The molecular weight excluding hydrogens is 452 g/mol. The Morgan fingerprint density at radius 3 is 2.66 bits per heavy atom. The summed E-state index contributed by atoms with van der Waals surface area (Å²) >= 11 is 0. The van der Waals surface area contributed by atoms with Crippen molar-refractivity contribution in [2.24, 2.45) is 12.1 Å². The Balaban J connectivity index is 1.60. The molecule has 1 unspecified atom stereocenters. The first-order valence-corrected chi connectivity index (χ1v) is 11.0. The summed E-state index contributed by atoms with van der Waals surface area (Å²) in [5.41, 5.74) is 3.34. The minimum Gasteiger partial charge on any atom is -0.507 e. The van der Waals surface area contributed by atoms with E-state index in [1.807, 2.05) is 24.3 Å². The number of fused-ring (bicyclic) bond motifs is 1. The Hall–Kier alpha value is -4.38. The summed E-state index contributed by atoms with van der Waals surface area (Å²) in [7, 11) is 1.48. The number of para-hydroxylation sites is 1. The number of anilines is 1. The Morgan fingerprint density at radius 2 is 1.94 bits per heavy atom. The molecular formula is C24H26N6O5. The maximum Gasteiger partial charge on any atom is 0.329 e. The molecule has 0 amide bonds. The number of aryl methyl sites for hydroxylation is 2. The van der Waals surface area contributed by atoms with Crippen LogP contribution < -0.4 is 21.4 Å². The lowest BCUT2D eigenvalue weighted by Gasteiger charge is -2.15. The molecule has 0 saturated heterocycles. The Labute approximate surface area is 200 Å². The standard InChI is InChI=1S/C24H26N6O5/c1-3-15-8-10-18(11-9-15)35-14-17(31)13-30-20-21(29(2)24(34)27-22(20)33)26-23(30)28-25-12-16-6-4-5-7-19(16)32/h4-12,17,31-32H,3,13-14H2,1-2H3,(H,26,28)(H,27,33,34)/b25-12+. The molecule has 4 N–H and O–H groups in total. The molecule has 35 heavy (non-hydrogen) atoms. The van der Waals surface area contributed by atoms with Crippen LogP contribution in [0.5, 0.6) is 11.5 Å². The maximum atomic E-state index is 12.6. The fourth-order valence-corrected chi connectivity index (χ4v) is 3.53. The molecule has 4 rings (SSSR count). The van der Waals surface area contributed by atoms with Gasteiger partial charge in [-0.3, -0.25) is 14.3 Å². The predicted octanol–water partition coefficient (Wildman–Crippen LogP) is 1.58. The quantitative estimate of drug-likeness (QED) is 0.211. The second kappa shape index (κ2) is 10.3. The van der Waals surface area contributed by atoms with E-state index in [1.54, 1.807) is 18.2 Å². The van der Waals surface area contributed by atoms with E-state index in [4.69, 9.17) is 4.74 Å². The number of hydrogen-bond donors (Lipinski definition) is 4. The number of hydrogen-bond acceptors (Lipinski definition) is 8. The van der Waals surface area contributed by atoms with Gasteiger partial charge in [-0.15, -0.1) is 0 Å². The molecule has 11 heteroatoms. The SMILES string of the molecule is CCc1ccc(OCC(O)Cn2c(N/N=C/c3ccccc3O)nc3c2c(=O)[nH]c(=O)n3C)cc1. The Kier molecular flexibility index (Phi) is 6.97. The number of rotatable bonds is 9. The van der Waals surface area contributed by atoms with Crippen molar-refractivity contribution >= 4 is 23.3 Å². The van der Waals surface area contributed by atoms with Gasteiger partial charge < -0.3 is 19.5 Å². The fraction of sp³-hybridized carbons (Fsp3) is 0.250. The lowest BCUT2D eigenvalue weighted by molar-refractivity contribution is 0.0938. The van der Waals surface area contributed by atoms with Gasteiger partial charge in [0, 0.05) is 12.6 Å². The van der Waals surface area contributed by atoms with Crippen molar-refractivity contribution in [2.45, 2.75) is 26.0 Å². The molecule has 2 aromatic heterocycles. The van der Waals surface area contributed by atoms with Gasteiger partial charge in [-0.1, -0.05) is 31.2 Å². The summed E-state index contributed by atoms with van der Waals surface area (Å²) in [4.78, 5) is 31.2. The Bertz CT molecular complexity index is 1470. The monoisotopic (exact) mass is 478 g/mol. The van der Waals surface area contributed by atoms with E-state index in [1.165, 1.54) is 34.0 Å². The topological polar surface area (TPSA) is 147 Å². The smallest absolute Gasteiger partial charge is 0.329 e. The fourth-order valence-electron chi connectivity index (χ4n) is 3.53. The van der Waals surface area contributed by atoms with Crippen molar-refractivity contribution in [2.75, 3.05) is 12.0 Å². The molecule has 182 valence electrons. The third-order valence-electron chi connectivity index (χ3n) is 5.48. The highest BCUT2D eigenvalue weighted by molar-refractivity contribution is 5.83. The number of aromatic nitrogens is 4. The van der Waals surface area contributed by atoms with E-state index in [-0.39, 0.29) is 36.0 Å². The van der Waals surface area contributed by atoms with Gasteiger partial charge in [0.15, 0.2) is 11.2 Å². The molecule has 0 aliphatic carbocycles. The summed E-state index contributed by atoms with van der Waals surface area (Å²) in [6, 6.07) is 14.2. The first kappa shape index (κ1) is 23.8. The van der Waals surface area contributed by atoms with E-state index >= 15 is 0 Å². The van der Waals surface area contributed by atoms with Crippen LogP contribution in [0.4, 0.5) is 5.95 Å². The normalized spacial score (nSPS) is 12.3. The highest BCUT2D eigenvalue weighted by Crippen LogP contribution is 2.18. The number of phenolic OH excluding ortho intramolecular Hbond substituents is 1. The second-order valence-electron chi connectivity index (χ2n) is 7.93. The molecule has 1 atom stereocenters. The number of aromatic hydroxyl groups is 1. The van der Waals surface area contributed by atoms with Gasteiger partial charge in [-0.2, -0.15) is 10.1 Å². The number of aliphatic hydroxyl groups excluding tert-OH is 1. The first-order chi connectivity index (χ1) is 16.9. The summed E-state index contributed by atoms with van der Waals surface area (Å²) in [5, 5.41) is 24.7. The van der Waals surface area contributed by atoms with Crippen LogP contribution in [0.15, 0.2) is 63.2 Å². The summed E-state index contributed by atoms with van der Waals surface area (Å²) in [6.07, 6.45) is 1.30.